The van der Waals surface area contributed by atoms with Crippen LogP contribution in [-0.4, -0.2) is 32.1 Å². The van der Waals surface area contributed by atoms with Crippen molar-refractivity contribution in [1.82, 2.24) is 25.3 Å². The zero-order chi connectivity index (χ0) is 20.9. The van der Waals surface area contributed by atoms with Gasteiger partial charge in [-0.05, 0) is 36.6 Å². The third kappa shape index (κ3) is 3.23. The fraction of sp³-hybridized carbons (Fsp3) is 0.211. The van der Waals surface area contributed by atoms with Gasteiger partial charge in [0.05, 0.1) is 5.54 Å². The lowest BCUT2D eigenvalue weighted by atomic mass is 10.0. The van der Waals surface area contributed by atoms with E-state index in [4.69, 9.17) is 0 Å². The molecule has 9 nitrogen and oxygen atoms in total. The van der Waals surface area contributed by atoms with E-state index in [1.165, 1.54) is 24.5 Å². The first-order chi connectivity index (χ1) is 14.3. The molecule has 1 aromatic carbocycles. The number of aromatic nitrogens is 4. The van der Waals surface area contributed by atoms with Gasteiger partial charge in [0.2, 0.25) is 0 Å². The van der Waals surface area contributed by atoms with Crippen molar-refractivity contribution in [2.75, 3.05) is 0 Å². The van der Waals surface area contributed by atoms with Crippen molar-refractivity contribution < 1.29 is 23.0 Å². The third-order valence-electron chi connectivity index (χ3n) is 4.81. The van der Waals surface area contributed by atoms with Gasteiger partial charge in [-0.1, -0.05) is 6.07 Å². The molecule has 1 saturated carbocycles. The van der Waals surface area contributed by atoms with Crippen LogP contribution in [0, 0.1) is 0 Å². The summed E-state index contributed by atoms with van der Waals surface area (Å²) in [5.74, 6) is -0.533. The summed E-state index contributed by atoms with van der Waals surface area (Å²) < 4.78 is 35.4. The number of hydrogen-bond acceptors (Lipinski definition) is 7. The molecule has 1 aliphatic carbocycles. The average molecular weight is 413 g/mol. The number of benzene rings is 1. The second-order valence-corrected chi connectivity index (χ2v) is 6.92. The first kappa shape index (κ1) is 18.2. The molecule has 0 atom stereocenters. The Morgan fingerprint density at radius 1 is 1.10 bits per heavy atom. The Morgan fingerprint density at radius 3 is 2.57 bits per heavy atom. The van der Waals surface area contributed by atoms with Gasteiger partial charge >= 0.3 is 6.29 Å². The number of ether oxygens (including phenoxy) is 2. The first-order valence-corrected chi connectivity index (χ1v) is 8.95. The lowest BCUT2D eigenvalue weighted by molar-refractivity contribution is -0.286. The van der Waals surface area contributed by atoms with Crippen molar-refractivity contribution in [2.24, 2.45) is 0 Å². The van der Waals surface area contributed by atoms with E-state index in [1.54, 1.807) is 12.1 Å². The minimum absolute atomic E-state index is 0.0587. The van der Waals surface area contributed by atoms with Crippen molar-refractivity contribution in [3.8, 4) is 23.1 Å². The van der Waals surface area contributed by atoms with Crippen molar-refractivity contribution in [3.05, 3.63) is 64.3 Å². The zero-order valence-corrected chi connectivity index (χ0v) is 15.2. The highest BCUT2D eigenvalue weighted by Gasteiger charge is 2.48. The summed E-state index contributed by atoms with van der Waals surface area (Å²) in [7, 11) is 0. The van der Waals surface area contributed by atoms with E-state index >= 15 is 0 Å². The molecule has 1 aliphatic heterocycles. The van der Waals surface area contributed by atoms with E-state index in [1.807, 2.05) is 0 Å². The molecule has 2 aliphatic rings. The van der Waals surface area contributed by atoms with E-state index < -0.39 is 23.3 Å². The maximum absolute atomic E-state index is 13.3. The summed E-state index contributed by atoms with van der Waals surface area (Å²) in [5, 5.41) is 2.84. The van der Waals surface area contributed by atoms with Gasteiger partial charge in [0.1, 0.15) is 5.69 Å². The molecule has 30 heavy (non-hydrogen) atoms. The number of nitrogens with zero attached hydrogens (tertiary/aromatic N) is 3. The van der Waals surface area contributed by atoms with Crippen molar-refractivity contribution in [1.29, 1.82) is 0 Å². The van der Waals surface area contributed by atoms with E-state index in [0.29, 0.717) is 18.4 Å². The molecular formula is C19H13F2N5O4. The number of H-pyrrole nitrogens is 1. The Labute approximate surface area is 167 Å². The van der Waals surface area contributed by atoms with Crippen molar-refractivity contribution in [2.45, 2.75) is 24.7 Å². The normalized spacial score (nSPS) is 17.4. The van der Waals surface area contributed by atoms with Crippen LogP contribution in [0.15, 0.2) is 47.5 Å². The number of rotatable bonds is 4. The number of amides is 1. The van der Waals surface area contributed by atoms with Crippen LogP contribution in [0.5, 0.6) is 11.5 Å². The van der Waals surface area contributed by atoms with Crippen molar-refractivity contribution in [3.63, 3.8) is 0 Å². The van der Waals surface area contributed by atoms with Crippen LogP contribution in [0.1, 0.15) is 28.9 Å². The molecule has 1 fully saturated rings. The quantitative estimate of drug-likeness (QED) is 0.671. The van der Waals surface area contributed by atoms with E-state index in [-0.39, 0.29) is 28.8 Å². The average Bonchev–Trinajstić information content (AvgIpc) is 3.42. The largest absolute Gasteiger partial charge is 0.586 e. The topological polar surface area (TPSA) is 119 Å². The van der Waals surface area contributed by atoms with Gasteiger partial charge < -0.3 is 19.8 Å². The SMILES string of the molecule is O=C(NC1(c2ccc3c(c2)OC(F)(F)O3)CC1)c1cc(=O)[nH]c(-c2ncccn2)n1. The zero-order valence-electron chi connectivity index (χ0n) is 15.2. The molecule has 0 spiro atoms. The molecule has 0 unspecified atom stereocenters. The maximum Gasteiger partial charge on any atom is 0.586 e. The van der Waals surface area contributed by atoms with Crippen LogP contribution in [-0.2, 0) is 5.54 Å². The molecule has 5 rings (SSSR count). The summed E-state index contributed by atoms with van der Waals surface area (Å²) in [4.78, 5) is 39.5. The monoisotopic (exact) mass is 413 g/mol. The Morgan fingerprint density at radius 2 is 1.83 bits per heavy atom. The highest BCUT2D eigenvalue weighted by molar-refractivity contribution is 5.93. The first-order valence-electron chi connectivity index (χ1n) is 8.95. The van der Waals surface area contributed by atoms with Gasteiger partial charge in [0, 0.05) is 18.5 Å². The maximum atomic E-state index is 13.3. The predicted octanol–water partition coefficient (Wildman–Crippen LogP) is 1.97. The molecule has 0 bridgehead atoms. The second kappa shape index (κ2) is 6.31. The Balaban J connectivity index is 1.41. The molecule has 0 radical (unpaired) electrons. The number of nitrogens with one attached hydrogen (secondary N) is 2. The minimum Gasteiger partial charge on any atom is -0.395 e. The molecule has 1 amide bonds. The number of fused-ring (bicyclic) bond motifs is 1. The van der Waals surface area contributed by atoms with Crippen LogP contribution in [0.4, 0.5) is 8.78 Å². The molecule has 2 N–H and O–H groups in total. The van der Waals surface area contributed by atoms with Gasteiger partial charge in [-0.25, -0.2) is 15.0 Å². The lowest BCUT2D eigenvalue weighted by Crippen LogP contribution is -2.36. The van der Waals surface area contributed by atoms with E-state index in [0.717, 1.165) is 6.07 Å². The summed E-state index contributed by atoms with van der Waals surface area (Å²) in [6, 6.07) is 7.05. The molecular weight excluding hydrogens is 400 g/mol. The fourth-order valence-electron chi connectivity index (χ4n) is 3.24. The van der Waals surface area contributed by atoms with Crippen LogP contribution in [0.2, 0.25) is 0 Å². The Kier molecular flexibility index (Phi) is 3.82. The molecule has 3 heterocycles. The second-order valence-electron chi connectivity index (χ2n) is 6.92. The molecule has 152 valence electrons. The summed E-state index contributed by atoms with van der Waals surface area (Å²) >= 11 is 0. The molecule has 0 saturated heterocycles. The Hall–Kier alpha value is -3.89. The van der Waals surface area contributed by atoms with Crippen molar-refractivity contribution >= 4 is 5.91 Å². The van der Waals surface area contributed by atoms with Gasteiger partial charge in [-0.2, -0.15) is 0 Å². The van der Waals surface area contributed by atoms with Crippen LogP contribution in [0.3, 0.4) is 0 Å². The highest BCUT2D eigenvalue weighted by atomic mass is 19.3. The van der Waals surface area contributed by atoms with Crippen LogP contribution < -0.4 is 20.3 Å². The molecule has 2 aromatic heterocycles. The van der Waals surface area contributed by atoms with Crippen LogP contribution in [0.25, 0.3) is 11.6 Å². The third-order valence-corrected chi connectivity index (χ3v) is 4.81. The molecule has 11 heteroatoms. The summed E-state index contributed by atoms with van der Waals surface area (Å²) in [6.07, 6.45) is 0.430. The Bertz CT molecular complexity index is 1210. The minimum atomic E-state index is -3.72. The van der Waals surface area contributed by atoms with Gasteiger partial charge in [0.25, 0.3) is 11.5 Å². The number of aromatic amines is 1. The molecule has 3 aromatic rings. The van der Waals surface area contributed by atoms with Gasteiger partial charge in [-0.15, -0.1) is 8.78 Å². The smallest absolute Gasteiger partial charge is 0.395 e. The fourth-order valence-corrected chi connectivity index (χ4v) is 3.24. The number of halogens is 2. The number of carbonyl (C=O) groups excluding carboxylic acids is 1. The standard InChI is InChI=1S/C19H13F2N5O4/c20-19(21)29-12-3-2-10(8-13(12)30-19)18(4-5-18)26-17(28)11-9-14(27)25-16(24-11)15-22-6-1-7-23-15/h1-3,6-9H,4-5H2,(H,26,28)(H,24,25,27). The van der Waals surface area contributed by atoms with E-state index in [9.17, 15) is 18.4 Å². The van der Waals surface area contributed by atoms with Crippen LogP contribution >= 0.6 is 0 Å². The summed E-state index contributed by atoms with van der Waals surface area (Å²) in [6.45, 7) is 0. The highest BCUT2D eigenvalue weighted by Crippen LogP contribution is 2.49. The number of hydrogen-bond donors (Lipinski definition) is 2. The lowest BCUT2D eigenvalue weighted by Gasteiger charge is -2.18. The van der Waals surface area contributed by atoms with Gasteiger partial charge in [-0.3, -0.25) is 9.59 Å². The summed E-state index contributed by atoms with van der Waals surface area (Å²) in [5.41, 5.74) is -0.819. The van der Waals surface area contributed by atoms with E-state index in [2.05, 4.69) is 34.7 Å². The number of alkyl halides is 2. The number of carbonyl (C=O) groups is 1. The van der Waals surface area contributed by atoms with Gasteiger partial charge in [0.15, 0.2) is 23.1 Å². The predicted molar refractivity (Wildman–Crippen MR) is 96.9 cm³/mol.